The molecule has 3 fully saturated rings. The van der Waals surface area contributed by atoms with Gasteiger partial charge in [0.15, 0.2) is 0 Å². The number of fused-ring (bicyclic) bond motifs is 1. The second-order valence-electron chi connectivity index (χ2n) is 11.5. The van der Waals surface area contributed by atoms with Gasteiger partial charge in [0, 0.05) is 43.9 Å². The van der Waals surface area contributed by atoms with Crippen molar-refractivity contribution in [1.29, 1.82) is 0 Å². The number of morpholine rings is 1. The lowest BCUT2D eigenvalue weighted by Gasteiger charge is -2.45. The number of amidine groups is 1. The number of sulfonamides is 1. The third kappa shape index (κ3) is 5.32. The van der Waals surface area contributed by atoms with Gasteiger partial charge >= 0.3 is 6.18 Å². The minimum atomic E-state index is -4.53. The molecule has 1 aromatic rings. The Morgan fingerprint density at radius 1 is 1.14 bits per heavy atom. The molecule has 5 aliphatic rings. The standard InChI is InChI=1S/C28H37F3N6O4S/c1-40-23-15-20(42(38,39)37-9-7-19(8-10-37)36-11-13-41-14-12-36)5-6-22(23)34-24-16-27(32,18-3-2-4-18)25-21(28(29,30)31)17-33-26(25)35-24/h5-6,15-16,18-19,34H,2-4,7-14,17,32H2,1H3,(H,33,35). The lowest BCUT2D eigenvalue weighted by molar-refractivity contribution is -0.0929. The van der Waals surface area contributed by atoms with Crippen LogP contribution >= 0.6 is 0 Å². The highest BCUT2D eigenvalue weighted by Gasteiger charge is 2.52. The summed E-state index contributed by atoms with van der Waals surface area (Å²) in [6.07, 6.45) is 0.942. The van der Waals surface area contributed by atoms with E-state index in [0.717, 1.165) is 45.2 Å². The molecule has 0 spiro atoms. The number of anilines is 1. The predicted molar refractivity (Wildman–Crippen MR) is 152 cm³/mol. The highest BCUT2D eigenvalue weighted by atomic mass is 32.2. The summed E-state index contributed by atoms with van der Waals surface area (Å²) in [5.41, 5.74) is 5.16. The number of rotatable bonds is 7. The molecule has 0 radical (unpaired) electrons. The van der Waals surface area contributed by atoms with Crippen molar-refractivity contribution in [2.45, 2.75) is 54.8 Å². The van der Waals surface area contributed by atoms with E-state index in [1.165, 1.54) is 23.5 Å². The summed E-state index contributed by atoms with van der Waals surface area (Å²) < 4.78 is 81.1. The maximum absolute atomic E-state index is 13.8. The number of nitrogens with zero attached hydrogens (tertiary/aromatic N) is 3. The molecule has 1 aliphatic carbocycles. The highest BCUT2D eigenvalue weighted by Crippen LogP contribution is 2.47. The Labute approximate surface area is 243 Å². The fraction of sp³-hybridized carbons (Fsp3) is 0.607. The Morgan fingerprint density at radius 2 is 1.86 bits per heavy atom. The summed E-state index contributed by atoms with van der Waals surface area (Å²) in [7, 11) is -2.32. The van der Waals surface area contributed by atoms with Crippen LogP contribution in [0.2, 0.25) is 0 Å². The molecule has 4 heterocycles. The maximum Gasteiger partial charge on any atom is 0.414 e. The van der Waals surface area contributed by atoms with E-state index in [0.29, 0.717) is 43.9 Å². The van der Waals surface area contributed by atoms with Gasteiger partial charge in [-0.3, -0.25) is 9.89 Å². The summed E-state index contributed by atoms with van der Waals surface area (Å²) in [5, 5.41) is 6.13. The van der Waals surface area contributed by atoms with E-state index in [2.05, 4.69) is 20.5 Å². The van der Waals surface area contributed by atoms with Crippen LogP contribution in [0.5, 0.6) is 5.75 Å². The molecule has 230 valence electrons. The van der Waals surface area contributed by atoms with E-state index in [-0.39, 0.29) is 28.0 Å². The molecule has 2 saturated heterocycles. The summed E-state index contributed by atoms with van der Waals surface area (Å²) in [6.45, 7) is 3.54. The molecule has 0 aromatic heterocycles. The van der Waals surface area contributed by atoms with Gasteiger partial charge in [-0.05, 0) is 49.8 Å². The first-order chi connectivity index (χ1) is 20.0. The Balaban J connectivity index is 1.21. The van der Waals surface area contributed by atoms with Crippen molar-refractivity contribution in [1.82, 2.24) is 14.5 Å². The SMILES string of the molecule is COc1cc(S(=O)(=O)N2CCC(N3CCOCC3)CC2)ccc1NC1=CC(N)(C2CCC2)C2=C(C(F)(F)F)CN=C2N1. The molecular weight excluding hydrogens is 573 g/mol. The van der Waals surface area contributed by atoms with Gasteiger partial charge in [-0.25, -0.2) is 8.42 Å². The zero-order valence-electron chi connectivity index (χ0n) is 23.5. The van der Waals surface area contributed by atoms with Gasteiger partial charge in [0.1, 0.15) is 17.4 Å². The number of benzene rings is 1. The summed E-state index contributed by atoms with van der Waals surface area (Å²) in [4.78, 5) is 6.63. The normalized spacial score (nSPS) is 26.7. The minimum Gasteiger partial charge on any atom is -0.495 e. The van der Waals surface area contributed by atoms with Crippen LogP contribution in [0.25, 0.3) is 0 Å². The Morgan fingerprint density at radius 3 is 2.48 bits per heavy atom. The van der Waals surface area contributed by atoms with Crippen molar-refractivity contribution in [2.24, 2.45) is 16.6 Å². The molecule has 14 heteroatoms. The molecule has 1 unspecified atom stereocenters. The summed E-state index contributed by atoms with van der Waals surface area (Å²) in [6, 6.07) is 4.93. The van der Waals surface area contributed by atoms with Gasteiger partial charge < -0.3 is 25.8 Å². The lowest BCUT2D eigenvalue weighted by atomic mass is 9.65. The topological polar surface area (TPSA) is 122 Å². The van der Waals surface area contributed by atoms with Gasteiger partial charge in [0.25, 0.3) is 0 Å². The first kappa shape index (κ1) is 29.4. The number of aliphatic imine (C=N–C) groups is 1. The molecule has 0 amide bonds. The Bertz CT molecular complexity index is 1410. The number of hydrogen-bond donors (Lipinski definition) is 3. The van der Waals surface area contributed by atoms with Gasteiger partial charge in [-0.15, -0.1) is 0 Å². The van der Waals surface area contributed by atoms with Gasteiger partial charge in [-0.2, -0.15) is 17.5 Å². The molecule has 1 aromatic carbocycles. The summed E-state index contributed by atoms with van der Waals surface area (Å²) in [5.74, 6) is 0.613. The van der Waals surface area contributed by atoms with E-state index in [1.54, 1.807) is 12.1 Å². The van der Waals surface area contributed by atoms with E-state index in [9.17, 15) is 21.6 Å². The second-order valence-corrected chi connectivity index (χ2v) is 13.5. The van der Waals surface area contributed by atoms with Crippen LogP contribution in [0, 0.1) is 5.92 Å². The largest absolute Gasteiger partial charge is 0.495 e. The number of ether oxygens (including phenoxy) is 2. The van der Waals surface area contributed by atoms with E-state index in [4.69, 9.17) is 15.2 Å². The molecule has 1 atom stereocenters. The molecule has 42 heavy (non-hydrogen) atoms. The fourth-order valence-electron chi connectivity index (χ4n) is 6.63. The molecule has 0 bridgehead atoms. The van der Waals surface area contributed by atoms with Crippen LogP contribution in [0.3, 0.4) is 0 Å². The molecule has 4 aliphatic heterocycles. The number of methoxy groups -OCH3 is 1. The van der Waals surface area contributed by atoms with E-state index >= 15 is 0 Å². The lowest BCUT2D eigenvalue weighted by Crippen LogP contribution is -2.57. The van der Waals surface area contributed by atoms with Gasteiger partial charge in [0.05, 0.1) is 48.6 Å². The van der Waals surface area contributed by atoms with Crippen LogP contribution in [-0.4, -0.2) is 94.3 Å². The van der Waals surface area contributed by atoms with Gasteiger partial charge in [0.2, 0.25) is 10.0 Å². The quantitative estimate of drug-likeness (QED) is 0.431. The van der Waals surface area contributed by atoms with Gasteiger partial charge in [-0.1, -0.05) is 6.42 Å². The summed E-state index contributed by atoms with van der Waals surface area (Å²) >= 11 is 0. The van der Waals surface area contributed by atoms with Crippen molar-refractivity contribution >= 4 is 21.5 Å². The van der Waals surface area contributed by atoms with Crippen molar-refractivity contribution in [2.75, 3.05) is 58.4 Å². The molecular formula is C28H37F3N6O4S. The molecule has 10 nitrogen and oxygen atoms in total. The van der Waals surface area contributed by atoms with Crippen LogP contribution < -0.4 is 21.1 Å². The van der Waals surface area contributed by atoms with E-state index in [1.807, 2.05) is 0 Å². The first-order valence-corrected chi connectivity index (χ1v) is 15.9. The average molecular weight is 611 g/mol. The van der Waals surface area contributed by atoms with Crippen LogP contribution in [0.15, 0.2) is 51.1 Å². The number of nitrogens with two attached hydrogens (primary N) is 1. The van der Waals surface area contributed by atoms with Crippen LogP contribution in [-0.2, 0) is 14.8 Å². The predicted octanol–water partition coefficient (Wildman–Crippen LogP) is 2.81. The minimum absolute atomic E-state index is 0.0102. The van der Waals surface area contributed by atoms with Crippen LogP contribution in [0.4, 0.5) is 18.9 Å². The number of alkyl halides is 3. The van der Waals surface area contributed by atoms with Crippen molar-refractivity contribution < 1.29 is 31.1 Å². The fourth-order valence-corrected chi connectivity index (χ4v) is 8.11. The van der Waals surface area contributed by atoms with Crippen molar-refractivity contribution in [3.05, 3.63) is 41.2 Å². The number of nitrogens with one attached hydrogen (secondary N) is 2. The zero-order chi connectivity index (χ0) is 29.7. The molecule has 4 N–H and O–H groups in total. The zero-order valence-corrected chi connectivity index (χ0v) is 24.4. The monoisotopic (exact) mass is 610 g/mol. The third-order valence-electron chi connectivity index (χ3n) is 9.19. The molecule has 1 saturated carbocycles. The molecule has 6 rings (SSSR count). The van der Waals surface area contributed by atoms with E-state index < -0.39 is 33.9 Å². The Kier molecular flexibility index (Phi) is 7.79. The van der Waals surface area contributed by atoms with Crippen molar-refractivity contribution in [3.63, 3.8) is 0 Å². The number of halogens is 3. The smallest absolute Gasteiger partial charge is 0.414 e. The first-order valence-electron chi connectivity index (χ1n) is 14.4. The van der Waals surface area contributed by atoms with Crippen molar-refractivity contribution in [3.8, 4) is 5.75 Å². The average Bonchev–Trinajstić information content (AvgIpc) is 3.39. The Hall–Kier alpha value is -2.65. The second kappa shape index (κ2) is 11.1. The number of hydrogen-bond acceptors (Lipinski definition) is 9. The third-order valence-corrected chi connectivity index (χ3v) is 11.1. The number of piperidine rings is 1. The highest BCUT2D eigenvalue weighted by molar-refractivity contribution is 7.89. The maximum atomic E-state index is 13.8. The van der Waals surface area contributed by atoms with Crippen LogP contribution in [0.1, 0.15) is 32.1 Å².